The van der Waals surface area contributed by atoms with E-state index < -0.39 is 0 Å². The molecule has 1 fully saturated rings. The van der Waals surface area contributed by atoms with Crippen molar-refractivity contribution in [2.24, 2.45) is 5.73 Å². The van der Waals surface area contributed by atoms with Gasteiger partial charge in [0.2, 0.25) is 0 Å². The number of aromatic nitrogens is 3. The van der Waals surface area contributed by atoms with E-state index in [1.165, 1.54) is 4.80 Å². The molecule has 2 atom stereocenters. The second-order valence-electron chi connectivity index (χ2n) is 5.98. The number of hydrogen-bond donors (Lipinski definition) is 1. The monoisotopic (exact) mass is 299 g/mol. The Labute approximate surface area is 129 Å². The largest absolute Gasteiger partial charge is 0.334 e. The maximum atomic E-state index is 13.0. The van der Waals surface area contributed by atoms with Crippen molar-refractivity contribution in [3.05, 3.63) is 41.7 Å². The van der Waals surface area contributed by atoms with Crippen molar-refractivity contribution in [3.8, 4) is 5.69 Å². The summed E-state index contributed by atoms with van der Waals surface area (Å²) in [4.78, 5) is 16.4. The number of rotatable bonds is 2. The summed E-state index contributed by atoms with van der Waals surface area (Å²) < 4.78 is 0. The molecule has 1 aliphatic rings. The second-order valence-corrected chi connectivity index (χ2v) is 5.98. The third kappa shape index (κ3) is 2.74. The van der Waals surface area contributed by atoms with Crippen LogP contribution in [0.4, 0.5) is 0 Å². The zero-order valence-electron chi connectivity index (χ0n) is 12.9. The van der Waals surface area contributed by atoms with Gasteiger partial charge in [-0.1, -0.05) is 11.6 Å². The minimum absolute atomic E-state index is 0.00125. The molecule has 1 aromatic heterocycles. The van der Waals surface area contributed by atoms with Crippen LogP contribution in [0.25, 0.3) is 5.69 Å². The van der Waals surface area contributed by atoms with Crippen molar-refractivity contribution in [2.75, 3.05) is 6.54 Å². The van der Waals surface area contributed by atoms with Gasteiger partial charge in [0.05, 0.1) is 23.6 Å². The summed E-state index contributed by atoms with van der Waals surface area (Å²) in [5.41, 5.74) is 8.40. The molecular formula is C16H21N5O. The van der Waals surface area contributed by atoms with Crippen LogP contribution in [0.3, 0.4) is 0 Å². The lowest BCUT2D eigenvalue weighted by molar-refractivity contribution is 0.0612. The third-order valence-corrected chi connectivity index (χ3v) is 4.20. The smallest absolute Gasteiger partial charge is 0.256 e. The molecule has 1 aromatic carbocycles. The van der Waals surface area contributed by atoms with Crippen LogP contribution in [-0.4, -0.2) is 44.4 Å². The first-order chi connectivity index (χ1) is 10.6. The summed E-state index contributed by atoms with van der Waals surface area (Å²) in [6.07, 6.45) is 5.11. The highest BCUT2D eigenvalue weighted by Crippen LogP contribution is 2.22. The molecule has 2 heterocycles. The van der Waals surface area contributed by atoms with Gasteiger partial charge in [0.15, 0.2) is 0 Å². The Morgan fingerprint density at radius 1 is 1.27 bits per heavy atom. The molecule has 2 aromatic rings. The van der Waals surface area contributed by atoms with E-state index in [4.69, 9.17) is 5.73 Å². The van der Waals surface area contributed by atoms with Gasteiger partial charge < -0.3 is 10.6 Å². The van der Waals surface area contributed by atoms with Gasteiger partial charge >= 0.3 is 0 Å². The standard InChI is InChI=1S/C16H21N5O/c1-11-3-6-15(21-18-7-8-19-21)14(9-11)16(22)20-10-13(17)5-4-12(20)2/h3,6-9,12-13H,4-5,10,17H2,1-2H3/t12-,13-/m1/s1. The van der Waals surface area contributed by atoms with E-state index >= 15 is 0 Å². The lowest BCUT2D eigenvalue weighted by Gasteiger charge is -2.37. The van der Waals surface area contributed by atoms with E-state index in [2.05, 4.69) is 17.1 Å². The summed E-state index contributed by atoms with van der Waals surface area (Å²) in [6, 6.07) is 5.99. The van der Waals surface area contributed by atoms with Crippen LogP contribution in [0.2, 0.25) is 0 Å². The van der Waals surface area contributed by atoms with Gasteiger partial charge in [-0.05, 0) is 38.8 Å². The lowest BCUT2D eigenvalue weighted by Crippen LogP contribution is -2.50. The quantitative estimate of drug-likeness (QED) is 0.912. The highest BCUT2D eigenvalue weighted by Gasteiger charge is 2.29. The van der Waals surface area contributed by atoms with Crippen molar-refractivity contribution in [2.45, 2.75) is 38.8 Å². The van der Waals surface area contributed by atoms with Crippen LogP contribution in [0.5, 0.6) is 0 Å². The molecule has 1 amide bonds. The molecule has 1 aliphatic heterocycles. The highest BCUT2D eigenvalue weighted by molar-refractivity contribution is 5.98. The summed E-state index contributed by atoms with van der Waals surface area (Å²) in [5.74, 6) is -0.00125. The summed E-state index contributed by atoms with van der Waals surface area (Å²) >= 11 is 0. The Kier molecular flexibility index (Phi) is 3.94. The fraction of sp³-hybridized carbons (Fsp3) is 0.438. The van der Waals surface area contributed by atoms with Crippen molar-refractivity contribution >= 4 is 5.91 Å². The number of amides is 1. The van der Waals surface area contributed by atoms with Crippen LogP contribution in [0.15, 0.2) is 30.6 Å². The topological polar surface area (TPSA) is 77.0 Å². The molecule has 0 aliphatic carbocycles. The number of piperidine rings is 1. The molecule has 2 N–H and O–H groups in total. The van der Waals surface area contributed by atoms with E-state index in [9.17, 15) is 4.79 Å². The van der Waals surface area contributed by atoms with Gasteiger partial charge in [0, 0.05) is 18.6 Å². The molecule has 0 unspecified atom stereocenters. The minimum atomic E-state index is -0.00125. The Bertz CT molecular complexity index is 667. The van der Waals surface area contributed by atoms with E-state index in [-0.39, 0.29) is 18.0 Å². The molecule has 3 rings (SSSR count). The molecular weight excluding hydrogens is 278 g/mol. The fourth-order valence-electron chi connectivity index (χ4n) is 2.91. The molecule has 6 heteroatoms. The van der Waals surface area contributed by atoms with E-state index in [0.29, 0.717) is 17.8 Å². The van der Waals surface area contributed by atoms with Gasteiger partial charge in [-0.3, -0.25) is 4.79 Å². The summed E-state index contributed by atoms with van der Waals surface area (Å²) in [6.45, 7) is 4.65. The minimum Gasteiger partial charge on any atom is -0.334 e. The zero-order valence-corrected chi connectivity index (χ0v) is 12.9. The van der Waals surface area contributed by atoms with Crippen LogP contribution < -0.4 is 5.73 Å². The predicted octanol–water partition coefficient (Wildman–Crippen LogP) is 1.53. The number of carbonyl (C=O) groups excluding carboxylic acids is 1. The summed E-state index contributed by atoms with van der Waals surface area (Å²) in [5, 5.41) is 8.30. The normalized spacial score (nSPS) is 21.9. The van der Waals surface area contributed by atoms with Gasteiger partial charge in [0.25, 0.3) is 5.91 Å². The summed E-state index contributed by atoms with van der Waals surface area (Å²) in [7, 11) is 0. The average Bonchev–Trinajstić information content (AvgIpc) is 3.03. The first kappa shape index (κ1) is 14.7. The first-order valence-corrected chi connectivity index (χ1v) is 7.60. The molecule has 1 saturated heterocycles. The molecule has 22 heavy (non-hydrogen) atoms. The molecule has 0 bridgehead atoms. The number of nitrogens with two attached hydrogens (primary N) is 1. The maximum absolute atomic E-state index is 13.0. The van der Waals surface area contributed by atoms with Crippen LogP contribution in [0.1, 0.15) is 35.7 Å². The number of hydrogen-bond acceptors (Lipinski definition) is 4. The number of nitrogens with zero attached hydrogens (tertiary/aromatic N) is 4. The zero-order chi connectivity index (χ0) is 15.7. The number of aryl methyl sites for hydroxylation is 1. The van der Waals surface area contributed by atoms with E-state index in [1.807, 2.05) is 30.0 Å². The van der Waals surface area contributed by atoms with Crippen LogP contribution >= 0.6 is 0 Å². The van der Waals surface area contributed by atoms with Crippen molar-refractivity contribution in [1.82, 2.24) is 19.9 Å². The Morgan fingerprint density at radius 2 is 2.00 bits per heavy atom. The molecule has 6 nitrogen and oxygen atoms in total. The second kappa shape index (κ2) is 5.88. The Morgan fingerprint density at radius 3 is 2.73 bits per heavy atom. The maximum Gasteiger partial charge on any atom is 0.256 e. The fourth-order valence-corrected chi connectivity index (χ4v) is 2.91. The number of likely N-dealkylation sites (tertiary alicyclic amines) is 1. The molecule has 0 spiro atoms. The Balaban J connectivity index is 2.00. The van der Waals surface area contributed by atoms with Gasteiger partial charge in [0.1, 0.15) is 0 Å². The van der Waals surface area contributed by atoms with E-state index in [0.717, 1.165) is 18.4 Å². The highest BCUT2D eigenvalue weighted by atomic mass is 16.2. The number of benzene rings is 1. The van der Waals surface area contributed by atoms with Crippen molar-refractivity contribution < 1.29 is 4.79 Å². The van der Waals surface area contributed by atoms with Crippen LogP contribution in [-0.2, 0) is 0 Å². The number of carbonyl (C=O) groups is 1. The van der Waals surface area contributed by atoms with E-state index in [1.54, 1.807) is 12.4 Å². The Hall–Kier alpha value is -2.21. The predicted molar refractivity (Wildman–Crippen MR) is 83.8 cm³/mol. The molecule has 0 radical (unpaired) electrons. The van der Waals surface area contributed by atoms with Gasteiger partial charge in [-0.15, -0.1) is 0 Å². The molecule has 116 valence electrons. The van der Waals surface area contributed by atoms with Crippen molar-refractivity contribution in [3.63, 3.8) is 0 Å². The molecule has 0 saturated carbocycles. The van der Waals surface area contributed by atoms with Crippen LogP contribution in [0, 0.1) is 6.92 Å². The average molecular weight is 299 g/mol. The van der Waals surface area contributed by atoms with Gasteiger partial charge in [-0.2, -0.15) is 15.0 Å². The first-order valence-electron chi connectivity index (χ1n) is 7.60. The van der Waals surface area contributed by atoms with Crippen molar-refractivity contribution in [1.29, 1.82) is 0 Å². The lowest BCUT2D eigenvalue weighted by atomic mass is 9.98. The van der Waals surface area contributed by atoms with Gasteiger partial charge in [-0.25, -0.2) is 0 Å². The third-order valence-electron chi connectivity index (χ3n) is 4.20. The SMILES string of the molecule is Cc1ccc(-n2nccn2)c(C(=O)N2C[C@H](N)CC[C@H]2C)c1.